The van der Waals surface area contributed by atoms with Crippen molar-refractivity contribution in [3.05, 3.63) is 28.8 Å². The number of Topliss-reactive ketones (excluding diaryl/α,β-unsaturated/α-hetero) is 1. The maximum Gasteiger partial charge on any atom is 0.169 e. The van der Waals surface area contributed by atoms with Crippen molar-refractivity contribution in [3.8, 4) is 0 Å². The highest BCUT2D eigenvalue weighted by Gasteiger charge is 2.87. The Morgan fingerprint density at radius 3 is 2.17 bits per heavy atom. The molecule has 4 heterocycles. The molecule has 0 aromatic heterocycles. The van der Waals surface area contributed by atoms with E-state index >= 15 is 0 Å². The van der Waals surface area contributed by atoms with Gasteiger partial charge in [0.1, 0.15) is 23.9 Å². The molecule has 8 aliphatic rings. The van der Waals surface area contributed by atoms with E-state index in [0.717, 1.165) is 36.9 Å². The quantitative estimate of drug-likeness (QED) is 0.211. The number of hydrogen-bond donors (Lipinski definition) is 5. The first-order chi connectivity index (χ1) is 23.8. The molecule has 1 aromatic rings. The van der Waals surface area contributed by atoms with E-state index in [1.807, 2.05) is 19.9 Å². The molecule has 4 aliphatic heterocycles. The fraction of sp³-hybridized carbons (Fsp3) is 0.837. The van der Waals surface area contributed by atoms with E-state index in [9.17, 15) is 20.1 Å². The van der Waals surface area contributed by atoms with Gasteiger partial charge in [-0.05, 0) is 135 Å². The Bertz CT molecular complexity index is 1620. The van der Waals surface area contributed by atoms with Gasteiger partial charge in [0.05, 0.1) is 34.4 Å². The summed E-state index contributed by atoms with van der Waals surface area (Å²) in [5, 5.41) is 47.8. The molecule has 5 N–H and O–H groups in total. The molecule has 9 rings (SSSR count). The van der Waals surface area contributed by atoms with Crippen molar-refractivity contribution in [3.63, 3.8) is 0 Å². The lowest BCUT2D eigenvalue weighted by molar-refractivity contribution is -0.292. The van der Waals surface area contributed by atoms with Gasteiger partial charge in [-0.2, -0.15) is 0 Å². The second-order valence-electron chi connectivity index (χ2n) is 20.4. The number of aliphatic hydroxyl groups excluding tert-OH is 1. The number of benzene rings is 1. The minimum Gasteiger partial charge on any atom is -0.391 e. The molecule has 3 saturated carbocycles. The van der Waals surface area contributed by atoms with Gasteiger partial charge >= 0.3 is 0 Å². The standard InChI is InChI=1S/C37H51NO7.C4H10O.C2H6/c1-31(2,41)29-27(40)30-37(44-30)23(43-29)12-13-34(7)35(8)17(11-14-36(34,37)42)15-20-24-19-16-21-25(33(5,6)45-32(21,3)4)26(39)18(19)9-10-22(24)38-28(20)35;1-4(2,3)5;1-2/h9-10,17,20-21,23,25,27-30,38,40-42H,11-16H2,1-8H3;5H,1-3H3;1-2H3/t17?,20?,21-,23?,25-,27?,28?,29?,30?,34?,35?,36?,37?;;/m0../s1. The SMILES string of the molecule is CC.CC(C)(C)O.CC(C)(O)C1OC2CCC3(C)C4(C)C(CCC3(O)C23OC3C1O)CC1c2c(ccc3c2C[C@H]2[C@@H](C3=O)C(C)(C)OC2(C)C)NC14. The van der Waals surface area contributed by atoms with E-state index in [1.165, 1.54) is 11.1 Å². The molecule has 9 heteroatoms. The van der Waals surface area contributed by atoms with Gasteiger partial charge in [-0.15, -0.1) is 0 Å². The van der Waals surface area contributed by atoms with Crippen LogP contribution in [0.2, 0.25) is 0 Å². The van der Waals surface area contributed by atoms with Crippen LogP contribution in [0.4, 0.5) is 5.69 Å². The van der Waals surface area contributed by atoms with E-state index in [2.05, 4.69) is 52.9 Å². The lowest BCUT2D eigenvalue weighted by atomic mass is 9.40. The second-order valence-corrected chi connectivity index (χ2v) is 20.4. The number of ether oxygens (including phenoxy) is 3. The number of ketones is 1. The average molecular weight is 726 g/mol. The van der Waals surface area contributed by atoms with Gasteiger partial charge in [0.15, 0.2) is 11.4 Å². The Kier molecular flexibility index (Phi) is 8.54. The van der Waals surface area contributed by atoms with Crippen LogP contribution in [-0.4, -0.2) is 90.3 Å². The summed E-state index contributed by atoms with van der Waals surface area (Å²) in [5.74, 6) is 0.858. The first-order valence-electron chi connectivity index (χ1n) is 20.2. The van der Waals surface area contributed by atoms with Crippen LogP contribution in [0.5, 0.6) is 0 Å². The fourth-order valence-corrected chi connectivity index (χ4v) is 13.3. The number of aliphatic hydroxyl groups is 4. The molecule has 9 nitrogen and oxygen atoms in total. The minimum atomic E-state index is -1.22. The van der Waals surface area contributed by atoms with Crippen molar-refractivity contribution < 1.29 is 39.4 Å². The maximum absolute atomic E-state index is 14.2. The van der Waals surface area contributed by atoms with Crippen molar-refractivity contribution in [2.45, 2.75) is 199 Å². The number of nitrogens with one attached hydrogen (secondary N) is 1. The van der Waals surface area contributed by atoms with E-state index in [1.54, 1.807) is 34.6 Å². The highest BCUT2D eigenvalue weighted by molar-refractivity contribution is 6.02. The first-order valence-corrected chi connectivity index (χ1v) is 20.2. The zero-order valence-electron chi connectivity index (χ0n) is 34.0. The zero-order valence-corrected chi connectivity index (χ0v) is 34.0. The van der Waals surface area contributed by atoms with Gasteiger partial charge in [-0.3, -0.25) is 4.79 Å². The molecule has 0 radical (unpaired) electrons. The summed E-state index contributed by atoms with van der Waals surface area (Å²) in [7, 11) is 0. The number of rotatable bonds is 1. The molecule has 1 aromatic carbocycles. The average Bonchev–Trinajstić information content (AvgIpc) is 3.52. The third-order valence-electron chi connectivity index (χ3n) is 15.3. The Morgan fingerprint density at radius 1 is 0.923 bits per heavy atom. The molecule has 13 atom stereocenters. The van der Waals surface area contributed by atoms with Crippen LogP contribution in [0.1, 0.15) is 150 Å². The second kappa shape index (κ2) is 11.5. The molecule has 52 heavy (non-hydrogen) atoms. The zero-order chi connectivity index (χ0) is 38.6. The summed E-state index contributed by atoms with van der Waals surface area (Å²) in [5.41, 5.74) is -0.975. The topological polar surface area (TPSA) is 141 Å². The molecular formula is C43H67NO8. The van der Waals surface area contributed by atoms with Crippen LogP contribution in [-0.2, 0) is 20.6 Å². The Balaban J connectivity index is 0.000000557. The third-order valence-corrected chi connectivity index (χ3v) is 15.3. The van der Waals surface area contributed by atoms with Crippen LogP contribution in [0.25, 0.3) is 0 Å². The van der Waals surface area contributed by atoms with Crippen molar-refractivity contribution in [2.75, 3.05) is 5.32 Å². The summed E-state index contributed by atoms with van der Waals surface area (Å²) in [6.45, 7) is 25.7. The lowest BCUT2D eigenvalue weighted by Crippen LogP contribution is -2.77. The molecule has 0 amide bonds. The number of hydrogen-bond acceptors (Lipinski definition) is 9. The van der Waals surface area contributed by atoms with Crippen LogP contribution in [0.15, 0.2) is 12.1 Å². The first kappa shape index (κ1) is 38.7. The van der Waals surface area contributed by atoms with Crippen molar-refractivity contribution in [1.29, 1.82) is 0 Å². The van der Waals surface area contributed by atoms with Crippen LogP contribution < -0.4 is 5.32 Å². The van der Waals surface area contributed by atoms with Gasteiger partial charge in [0.25, 0.3) is 0 Å². The maximum atomic E-state index is 14.2. The van der Waals surface area contributed by atoms with Crippen molar-refractivity contribution in [1.82, 2.24) is 0 Å². The monoisotopic (exact) mass is 725 g/mol. The van der Waals surface area contributed by atoms with E-state index < -0.39 is 51.7 Å². The van der Waals surface area contributed by atoms with Crippen LogP contribution in [0, 0.1) is 28.6 Å². The number of fused-ring (bicyclic) bond motifs is 10. The predicted octanol–water partition coefficient (Wildman–Crippen LogP) is 6.31. The van der Waals surface area contributed by atoms with Crippen LogP contribution in [0.3, 0.4) is 0 Å². The summed E-state index contributed by atoms with van der Waals surface area (Å²) in [6, 6.07) is 4.29. The Morgan fingerprint density at radius 2 is 1.56 bits per heavy atom. The fourth-order valence-electron chi connectivity index (χ4n) is 13.3. The molecule has 3 saturated heterocycles. The number of carbonyl (C=O) groups excluding carboxylic acids is 1. The molecule has 292 valence electrons. The van der Waals surface area contributed by atoms with Gasteiger partial charge in [0, 0.05) is 34.5 Å². The molecule has 11 unspecified atom stereocenters. The normalized spacial score (nSPS) is 46.9. The van der Waals surface area contributed by atoms with E-state index in [4.69, 9.17) is 19.3 Å². The van der Waals surface area contributed by atoms with Crippen LogP contribution >= 0.6 is 0 Å². The largest absolute Gasteiger partial charge is 0.391 e. The minimum absolute atomic E-state index is 0.113. The predicted molar refractivity (Wildman–Crippen MR) is 200 cm³/mol. The highest BCUT2D eigenvalue weighted by atomic mass is 16.7. The smallest absolute Gasteiger partial charge is 0.169 e. The van der Waals surface area contributed by atoms with Gasteiger partial charge in [-0.1, -0.05) is 27.7 Å². The summed E-state index contributed by atoms with van der Waals surface area (Å²) >= 11 is 0. The summed E-state index contributed by atoms with van der Waals surface area (Å²) < 4.78 is 19.5. The molecule has 6 fully saturated rings. The molecular weight excluding hydrogens is 658 g/mol. The van der Waals surface area contributed by atoms with Gasteiger partial charge in [0.2, 0.25) is 0 Å². The molecule has 4 aliphatic carbocycles. The number of carbonyl (C=O) groups is 1. The van der Waals surface area contributed by atoms with Crippen molar-refractivity contribution >= 4 is 11.5 Å². The summed E-state index contributed by atoms with van der Waals surface area (Å²) in [6.07, 6.45) is 2.11. The molecule has 0 bridgehead atoms. The Labute approximate surface area is 311 Å². The molecule has 1 spiro atoms. The third kappa shape index (κ3) is 4.87. The van der Waals surface area contributed by atoms with Gasteiger partial charge < -0.3 is 40.0 Å². The number of anilines is 1. The Hall–Kier alpha value is -1.59. The number of epoxide rings is 1. The lowest BCUT2D eigenvalue weighted by Gasteiger charge is -2.67. The highest BCUT2D eigenvalue weighted by Crippen LogP contribution is 2.78. The summed E-state index contributed by atoms with van der Waals surface area (Å²) in [4.78, 5) is 14.2. The van der Waals surface area contributed by atoms with Gasteiger partial charge in [-0.25, -0.2) is 0 Å². The van der Waals surface area contributed by atoms with Crippen molar-refractivity contribution in [2.24, 2.45) is 28.6 Å². The van der Waals surface area contributed by atoms with E-state index in [0.29, 0.717) is 18.8 Å². The van der Waals surface area contributed by atoms with E-state index in [-0.39, 0.29) is 46.7 Å².